The maximum absolute atomic E-state index is 13.3. The van der Waals surface area contributed by atoms with E-state index in [2.05, 4.69) is 20.3 Å². The van der Waals surface area contributed by atoms with Crippen LogP contribution in [0.4, 0.5) is 49.9 Å². The molecule has 10 nitrogen and oxygen atoms in total. The van der Waals surface area contributed by atoms with Crippen molar-refractivity contribution in [3.63, 3.8) is 0 Å². The van der Waals surface area contributed by atoms with Gasteiger partial charge >= 0.3 is 12.4 Å². The molecule has 0 spiro atoms. The van der Waals surface area contributed by atoms with Crippen molar-refractivity contribution in [2.24, 2.45) is 22.9 Å². The van der Waals surface area contributed by atoms with Crippen LogP contribution in [0, 0.1) is 0 Å². The zero-order valence-corrected chi connectivity index (χ0v) is 20.8. The number of nitrogens with zero attached hydrogens (tertiary/aromatic N) is 5. The summed E-state index contributed by atoms with van der Waals surface area (Å²) in [5.41, 5.74) is 20.9. The molecule has 4 rings (SSSR count). The summed E-state index contributed by atoms with van der Waals surface area (Å²) in [5.74, 6) is -0.0180. The van der Waals surface area contributed by atoms with Crippen molar-refractivity contribution >= 4 is 35.9 Å². The van der Waals surface area contributed by atoms with Crippen LogP contribution in [0.5, 0.6) is 0 Å². The molecule has 0 aliphatic carbocycles. The Kier molecular flexibility index (Phi) is 8.82. The topological polar surface area (TPSA) is 161 Å². The van der Waals surface area contributed by atoms with Crippen LogP contribution in [-0.2, 0) is 12.4 Å². The Morgan fingerprint density at radius 3 is 1.37 bits per heavy atom. The first-order valence-corrected chi connectivity index (χ1v) is 11.5. The fraction of sp³-hybridized carbons (Fsp3) is 0.571. The summed E-state index contributed by atoms with van der Waals surface area (Å²) in [6, 6.07) is 0.0213. The van der Waals surface area contributed by atoms with Crippen molar-refractivity contribution in [2.45, 2.75) is 49.4 Å². The molecule has 2 aliphatic heterocycles. The van der Waals surface area contributed by atoms with Gasteiger partial charge in [0.2, 0.25) is 17.8 Å². The van der Waals surface area contributed by atoms with Crippen LogP contribution in [0.3, 0.4) is 0 Å². The van der Waals surface area contributed by atoms with Crippen LogP contribution in [0.1, 0.15) is 24.0 Å². The summed E-state index contributed by atoms with van der Waals surface area (Å²) >= 11 is 0. The zero-order chi connectivity index (χ0) is 27.1. The number of nitrogens with one attached hydrogen (secondary N) is 1. The fourth-order valence-electron chi connectivity index (χ4n) is 4.53. The number of nitrogens with two attached hydrogens (primary N) is 4. The Bertz CT molecular complexity index is 1020. The van der Waals surface area contributed by atoms with E-state index in [9.17, 15) is 26.3 Å². The van der Waals surface area contributed by atoms with Gasteiger partial charge in [-0.05, 0) is 31.0 Å². The quantitative estimate of drug-likeness (QED) is 0.343. The Hall–Kier alpha value is -2.66. The average molecular weight is 571 g/mol. The van der Waals surface area contributed by atoms with E-state index in [1.165, 1.54) is 0 Å². The third-order valence-corrected chi connectivity index (χ3v) is 6.05. The highest BCUT2D eigenvalue weighted by Gasteiger charge is 2.37. The van der Waals surface area contributed by atoms with Gasteiger partial charge in [-0.1, -0.05) is 0 Å². The van der Waals surface area contributed by atoms with E-state index in [0.717, 1.165) is 0 Å². The van der Waals surface area contributed by atoms with E-state index in [4.69, 9.17) is 22.9 Å². The van der Waals surface area contributed by atoms with Gasteiger partial charge in [0, 0.05) is 56.0 Å². The monoisotopic (exact) mass is 570 g/mol. The van der Waals surface area contributed by atoms with Gasteiger partial charge in [-0.25, -0.2) is 0 Å². The van der Waals surface area contributed by atoms with E-state index in [1.54, 1.807) is 9.80 Å². The van der Waals surface area contributed by atoms with Crippen molar-refractivity contribution in [1.29, 1.82) is 0 Å². The molecule has 1 aromatic carbocycles. The summed E-state index contributed by atoms with van der Waals surface area (Å²) < 4.78 is 80.0. The molecule has 0 saturated carbocycles. The summed E-state index contributed by atoms with van der Waals surface area (Å²) in [5, 5.41) is 2.49. The standard InChI is InChI=1S/C21H28F6N10.ClH/c22-20(23,24)10-1-11(21(25,26)27)3-16(2-10)32-17-33-18(36-6-12(28)4-13(29)7-36)35-19(34-17)37-8-14(30)5-15(31)9-37;/h1-3,12-15H,4-9,28-31H2,(H,32,33,34,35);1H/t12-,13+,14-,15+;. The normalized spacial score (nSPS) is 24.7. The first-order valence-electron chi connectivity index (χ1n) is 11.5. The summed E-state index contributed by atoms with van der Waals surface area (Å²) in [6.07, 6.45) is -8.87. The second-order valence-electron chi connectivity index (χ2n) is 9.50. The second kappa shape index (κ2) is 11.2. The molecule has 0 radical (unpaired) electrons. The molecule has 212 valence electrons. The minimum absolute atomic E-state index is 0. The lowest BCUT2D eigenvalue weighted by Gasteiger charge is -2.37. The summed E-state index contributed by atoms with van der Waals surface area (Å²) in [4.78, 5) is 16.4. The number of anilines is 4. The SMILES string of the molecule is Cl.N[C@@H]1C[C@H](N)CN(c2nc(Nc3cc(C(F)(F)F)cc(C(F)(F)F)c3)nc(N3C[C@H](N)C[C@H](N)C3)n2)C1. The number of alkyl halides is 6. The van der Waals surface area contributed by atoms with Gasteiger partial charge in [-0.2, -0.15) is 41.3 Å². The van der Waals surface area contributed by atoms with E-state index in [-0.39, 0.29) is 60.5 Å². The van der Waals surface area contributed by atoms with Crippen LogP contribution < -0.4 is 38.1 Å². The highest BCUT2D eigenvalue weighted by Crippen LogP contribution is 2.38. The predicted octanol–water partition coefficient (Wildman–Crippen LogP) is 1.80. The van der Waals surface area contributed by atoms with Crippen LogP contribution in [0.15, 0.2) is 18.2 Å². The number of rotatable bonds is 4. The molecule has 38 heavy (non-hydrogen) atoms. The van der Waals surface area contributed by atoms with Crippen molar-refractivity contribution < 1.29 is 26.3 Å². The Labute approximate surface area is 220 Å². The number of piperidine rings is 2. The lowest BCUT2D eigenvalue weighted by molar-refractivity contribution is -0.143. The molecule has 0 bridgehead atoms. The van der Waals surface area contributed by atoms with E-state index < -0.39 is 29.2 Å². The number of hydrogen-bond donors (Lipinski definition) is 5. The van der Waals surface area contributed by atoms with Gasteiger partial charge in [-0.15, -0.1) is 12.4 Å². The molecule has 3 heterocycles. The first kappa shape index (κ1) is 29.9. The molecule has 2 aliphatic rings. The Morgan fingerprint density at radius 1 is 0.658 bits per heavy atom. The predicted molar refractivity (Wildman–Crippen MR) is 132 cm³/mol. The number of halogens is 7. The van der Waals surface area contributed by atoms with Crippen molar-refractivity contribution in [3.05, 3.63) is 29.3 Å². The Balaban J connectivity index is 0.00000400. The van der Waals surface area contributed by atoms with Gasteiger partial charge in [0.15, 0.2) is 0 Å². The lowest BCUT2D eigenvalue weighted by atomic mass is 10.0. The number of hydrogen-bond acceptors (Lipinski definition) is 10. The Morgan fingerprint density at radius 2 is 1.03 bits per heavy atom. The molecule has 2 saturated heterocycles. The average Bonchev–Trinajstić information content (AvgIpc) is 2.76. The third kappa shape index (κ3) is 7.25. The molecular formula is C21H29ClF6N10. The van der Waals surface area contributed by atoms with Crippen LogP contribution in [0.25, 0.3) is 0 Å². The number of benzene rings is 1. The maximum Gasteiger partial charge on any atom is 0.416 e. The van der Waals surface area contributed by atoms with Crippen LogP contribution in [0.2, 0.25) is 0 Å². The molecule has 17 heteroatoms. The minimum atomic E-state index is -5.01. The maximum atomic E-state index is 13.3. The van der Waals surface area contributed by atoms with Crippen LogP contribution >= 0.6 is 12.4 Å². The molecule has 0 amide bonds. The van der Waals surface area contributed by atoms with E-state index in [1.807, 2.05) is 0 Å². The third-order valence-electron chi connectivity index (χ3n) is 6.05. The van der Waals surface area contributed by atoms with Gasteiger partial charge in [0.25, 0.3) is 0 Å². The van der Waals surface area contributed by atoms with E-state index >= 15 is 0 Å². The molecule has 4 atom stereocenters. The van der Waals surface area contributed by atoms with Crippen molar-refractivity contribution in [1.82, 2.24) is 15.0 Å². The van der Waals surface area contributed by atoms with Crippen LogP contribution in [-0.4, -0.2) is 65.3 Å². The van der Waals surface area contributed by atoms with Gasteiger partial charge < -0.3 is 38.1 Å². The number of aromatic nitrogens is 3. The highest BCUT2D eigenvalue weighted by molar-refractivity contribution is 5.85. The van der Waals surface area contributed by atoms with Crippen molar-refractivity contribution in [3.8, 4) is 0 Å². The molecule has 1 aromatic heterocycles. The van der Waals surface area contributed by atoms with Gasteiger partial charge in [-0.3, -0.25) is 0 Å². The molecule has 2 fully saturated rings. The second-order valence-corrected chi connectivity index (χ2v) is 9.50. The lowest BCUT2D eigenvalue weighted by Crippen LogP contribution is -2.54. The summed E-state index contributed by atoms with van der Waals surface area (Å²) in [7, 11) is 0. The molecule has 0 unspecified atom stereocenters. The largest absolute Gasteiger partial charge is 0.416 e. The zero-order valence-electron chi connectivity index (χ0n) is 20.0. The first-order chi connectivity index (χ1) is 17.2. The van der Waals surface area contributed by atoms with Gasteiger partial charge in [0.1, 0.15) is 0 Å². The molecule has 9 N–H and O–H groups in total. The van der Waals surface area contributed by atoms with Gasteiger partial charge in [0.05, 0.1) is 11.1 Å². The van der Waals surface area contributed by atoms with E-state index in [0.29, 0.717) is 51.2 Å². The molecular weight excluding hydrogens is 542 g/mol. The highest BCUT2D eigenvalue weighted by atomic mass is 35.5. The minimum Gasteiger partial charge on any atom is -0.338 e. The smallest absolute Gasteiger partial charge is 0.338 e. The fourth-order valence-corrected chi connectivity index (χ4v) is 4.53. The summed E-state index contributed by atoms with van der Waals surface area (Å²) in [6.45, 7) is 1.38. The van der Waals surface area contributed by atoms with Crippen molar-refractivity contribution in [2.75, 3.05) is 41.3 Å². The molecule has 2 aromatic rings.